The fourth-order valence-corrected chi connectivity index (χ4v) is 10.0. The zero-order valence-corrected chi connectivity index (χ0v) is 52.0. The number of halogens is 8. The molecule has 0 aliphatic carbocycles. The first-order chi connectivity index (χ1) is 36.4. The molecule has 0 aromatic heterocycles. The van der Waals surface area contributed by atoms with Crippen LogP contribution in [-0.4, -0.2) is 116 Å². The van der Waals surface area contributed by atoms with Crippen LogP contribution >= 0.6 is 92.8 Å². The second-order valence-electron chi connectivity index (χ2n) is 20.4. The van der Waals surface area contributed by atoms with Crippen molar-refractivity contribution < 1.29 is 64.6 Å². The summed E-state index contributed by atoms with van der Waals surface area (Å²) in [6, 6.07) is 17.9. The molecule has 1 unspecified atom stereocenters. The quantitative estimate of drug-likeness (QED) is 0.102. The summed E-state index contributed by atoms with van der Waals surface area (Å²) < 4.78 is 63.0. The first-order valence-electron chi connectivity index (χ1n) is 23.7. The number of carboxylic acids is 1. The Balaban J connectivity index is 0.000000281. The van der Waals surface area contributed by atoms with Gasteiger partial charge in [-0.15, -0.1) is 0 Å². The van der Waals surface area contributed by atoms with E-state index in [9.17, 15) is 36.9 Å². The van der Waals surface area contributed by atoms with E-state index >= 15 is 0 Å². The summed E-state index contributed by atoms with van der Waals surface area (Å²) >= 11 is 45.1. The minimum absolute atomic E-state index is 0.137. The molecule has 28 heteroatoms. The maximum Gasteiger partial charge on any atom is 0.426 e. The molecule has 18 nitrogen and oxygen atoms in total. The molecule has 4 aromatic rings. The average Bonchev–Trinajstić information content (AvgIpc) is 3.83. The third-order valence-electron chi connectivity index (χ3n) is 10.1. The third kappa shape index (κ3) is 24.4. The van der Waals surface area contributed by atoms with E-state index < -0.39 is 80.7 Å². The third-order valence-corrected chi connectivity index (χ3v) is 15.5. The molecule has 0 radical (unpaired) electrons. The van der Waals surface area contributed by atoms with Crippen molar-refractivity contribution in [3.63, 3.8) is 0 Å². The number of nitrogens with one attached hydrogen (secondary N) is 1. The van der Waals surface area contributed by atoms with Crippen LogP contribution in [-0.2, 0) is 74.6 Å². The normalized spacial score (nSPS) is 17.6. The van der Waals surface area contributed by atoms with E-state index in [-0.39, 0.29) is 38.7 Å². The van der Waals surface area contributed by atoms with Crippen molar-refractivity contribution in [1.82, 2.24) is 13.9 Å². The van der Waals surface area contributed by atoms with Gasteiger partial charge in [0.15, 0.2) is 0 Å². The van der Waals surface area contributed by atoms with E-state index in [1.807, 2.05) is 6.07 Å². The molecule has 0 spiro atoms. The number of carbonyl (C=O) groups is 4. The molecule has 2 fully saturated rings. The van der Waals surface area contributed by atoms with E-state index in [2.05, 4.69) is 5.32 Å². The number of nitrogens with zero attached hydrogens (tertiary/aromatic N) is 2. The Hall–Kier alpha value is -3.58. The maximum absolute atomic E-state index is 12.2. The topological polar surface area (TPSA) is 251 Å². The van der Waals surface area contributed by atoms with Gasteiger partial charge in [-0.2, -0.15) is 17.0 Å². The second kappa shape index (κ2) is 30.6. The number of amides is 3. The van der Waals surface area contributed by atoms with Crippen LogP contribution in [0.3, 0.4) is 0 Å². The number of carboxylic acid groups (broad SMARTS) is 1. The number of aliphatic hydroxyl groups excluding tert-OH is 1. The lowest BCUT2D eigenvalue weighted by Crippen LogP contribution is -2.43. The predicted molar refractivity (Wildman–Crippen MR) is 309 cm³/mol. The Labute approximate surface area is 503 Å². The van der Waals surface area contributed by atoms with Gasteiger partial charge in [0.05, 0.1) is 78.1 Å². The first kappa shape index (κ1) is 69.7. The molecule has 438 valence electrons. The highest BCUT2D eigenvalue weighted by atomic mass is 35.5. The summed E-state index contributed by atoms with van der Waals surface area (Å²) in [6.07, 6.45) is -0.805. The number of benzene rings is 4. The molecule has 2 aliphatic rings. The van der Waals surface area contributed by atoms with Gasteiger partial charge in [-0.25, -0.2) is 18.6 Å². The van der Waals surface area contributed by atoms with Crippen LogP contribution in [0.25, 0.3) is 0 Å². The van der Waals surface area contributed by atoms with Gasteiger partial charge in [-0.3, -0.25) is 13.2 Å². The zero-order valence-electron chi connectivity index (χ0n) is 44.3. The van der Waals surface area contributed by atoms with Crippen LogP contribution in [0.15, 0.2) is 72.8 Å². The van der Waals surface area contributed by atoms with E-state index in [4.69, 9.17) is 126 Å². The van der Waals surface area contributed by atoms with Crippen LogP contribution < -0.4 is 11.1 Å². The molecule has 2 saturated heterocycles. The summed E-state index contributed by atoms with van der Waals surface area (Å²) in [6.45, 7) is 15.4. The highest BCUT2D eigenvalue weighted by Crippen LogP contribution is 2.30. The molecule has 5 atom stereocenters. The lowest BCUT2D eigenvalue weighted by atomic mass is 10.1. The van der Waals surface area contributed by atoms with Crippen molar-refractivity contribution in [2.45, 2.75) is 129 Å². The number of hydrogen-bond donors (Lipinski definition) is 4. The number of ether oxygens (including phenoxy) is 3. The van der Waals surface area contributed by atoms with Gasteiger partial charge in [0.2, 0.25) is 0 Å². The van der Waals surface area contributed by atoms with Gasteiger partial charge >= 0.3 is 34.6 Å². The molecule has 0 saturated carbocycles. The number of rotatable bonds is 11. The standard InChI is InChI=1S/C14H17Cl2NO5S.C14H17Cl2NO4S.C14H19Cl2NO3.C9H9Cl2NO2/c1-14(2,3)22-13(18)17-10(8-21-23(17,19)20)6-9-4-5-11(15)12(16)7-9;1-14(2,3)21-13(18)17-10(8-20-22(17)19)6-9-4-5-11(15)12(16)7-9;1-14(2,3)20-13(19)17-10(8-18)6-9-4-5-11(15)12(16)7-9;10-6-2-1-5(3-7(6)11)4-8(12)9(13)14/h4-5,7,10H,6,8H2,1-3H3;4-5,7,10H,6,8H2,1-3H3;4-5,7,10,18H,6,8H2,1-3H3,(H,17,19);1-3,8H,4,12H2,(H,13,14)/t10-;10-,22?;10-;8-/m0000/s1. The summed E-state index contributed by atoms with van der Waals surface area (Å²) in [5.41, 5.74) is 6.53. The molecule has 4 aromatic carbocycles. The van der Waals surface area contributed by atoms with Gasteiger partial charge in [0.1, 0.15) is 22.8 Å². The van der Waals surface area contributed by atoms with Crippen molar-refractivity contribution >= 4 is 139 Å². The lowest BCUT2D eigenvalue weighted by molar-refractivity contribution is -0.138. The van der Waals surface area contributed by atoms with E-state index in [0.29, 0.717) is 57.3 Å². The Kier molecular flexibility index (Phi) is 27.0. The maximum atomic E-state index is 12.2. The number of nitrogens with two attached hydrogens (primary N) is 1. The van der Waals surface area contributed by atoms with Crippen LogP contribution in [0.4, 0.5) is 14.4 Å². The largest absolute Gasteiger partial charge is 0.480 e. The van der Waals surface area contributed by atoms with Crippen molar-refractivity contribution in [2.24, 2.45) is 5.73 Å². The first-order valence-corrected chi connectivity index (χ1v) is 29.1. The zero-order chi connectivity index (χ0) is 60.0. The summed E-state index contributed by atoms with van der Waals surface area (Å²) in [7, 11) is -4.15. The van der Waals surface area contributed by atoms with Gasteiger partial charge in [0.25, 0.3) is 11.3 Å². The monoisotopic (exact) mass is 1300 g/mol. The van der Waals surface area contributed by atoms with Crippen molar-refractivity contribution in [2.75, 3.05) is 19.8 Å². The number of aliphatic carboxylic acids is 1. The summed E-state index contributed by atoms with van der Waals surface area (Å²) in [4.78, 5) is 46.5. The highest BCUT2D eigenvalue weighted by Gasteiger charge is 2.45. The Morgan fingerprint density at radius 2 is 1.03 bits per heavy atom. The average molecular weight is 1300 g/mol. The van der Waals surface area contributed by atoms with Gasteiger partial charge in [0, 0.05) is 0 Å². The lowest BCUT2D eigenvalue weighted by Gasteiger charge is -2.26. The molecule has 2 heterocycles. The molecular weight excluding hydrogens is 1240 g/mol. The Morgan fingerprint density at radius 1 is 0.633 bits per heavy atom. The van der Waals surface area contributed by atoms with Gasteiger partial charge in [-0.1, -0.05) is 117 Å². The van der Waals surface area contributed by atoms with Crippen molar-refractivity contribution in [1.29, 1.82) is 0 Å². The van der Waals surface area contributed by atoms with Crippen molar-refractivity contribution in [3.8, 4) is 0 Å². The molecule has 2 aliphatic heterocycles. The second-order valence-corrected chi connectivity index (χ2v) is 26.2. The number of hydrogen-bond acceptors (Lipinski definition) is 14. The van der Waals surface area contributed by atoms with Crippen LogP contribution in [0.5, 0.6) is 0 Å². The summed E-state index contributed by atoms with van der Waals surface area (Å²) in [5.74, 6) is -1.03. The van der Waals surface area contributed by atoms with Crippen LogP contribution in [0.2, 0.25) is 40.2 Å². The number of alkyl carbamates (subject to hydrolysis) is 1. The minimum atomic E-state index is -4.15. The predicted octanol–water partition coefficient (Wildman–Crippen LogP) is 12.5. The number of aliphatic hydroxyl groups is 1. The SMILES string of the molecule is CC(C)(C)OC(=O)N1[C@@H](Cc2ccc(Cl)c(Cl)c2)COS1(=O)=O.CC(C)(C)OC(=O)N1[C@@H](Cc2ccc(Cl)c(Cl)c2)COS1=O.CC(C)(C)OC(=O)N[C@H](CO)Cc1ccc(Cl)c(Cl)c1.N[C@@H](Cc1ccc(Cl)c(Cl)c1)C(=O)O. The van der Waals surface area contributed by atoms with E-state index in [1.54, 1.807) is 129 Å². The van der Waals surface area contributed by atoms with E-state index in [1.165, 1.54) is 0 Å². The van der Waals surface area contributed by atoms with Crippen LogP contribution in [0.1, 0.15) is 84.6 Å². The number of carbonyl (C=O) groups excluding carboxylic acids is 3. The molecular formula is C51H62Cl8N4O14S2. The van der Waals surface area contributed by atoms with Crippen molar-refractivity contribution in [3.05, 3.63) is 135 Å². The fraction of sp³-hybridized carbons (Fsp3) is 0.451. The fourth-order valence-electron chi connectivity index (χ4n) is 6.67. The Bertz CT molecular complexity index is 2910. The minimum Gasteiger partial charge on any atom is -0.480 e. The summed E-state index contributed by atoms with van der Waals surface area (Å²) in [5, 5.41) is 23.9. The molecule has 5 N–H and O–H groups in total. The van der Waals surface area contributed by atoms with Gasteiger partial charge < -0.3 is 35.5 Å². The molecule has 79 heavy (non-hydrogen) atoms. The molecule has 0 bridgehead atoms. The van der Waals surface area contributed by atoms with Crippen LogP contribution in [0, 0.1) is 0 Å². The highest BCUT2D eigenvalue weighted by molar-refractivity contribution is 7.85. The van der Waals surface area contributed by atoms with Gasteiger partial charge in [-0.05, 0) is 159 Å². The molecule has 3 amide bonds. The smallest absolute Gasteiger partial charge is 0.426 e. The Morgan fingerprint density at radius 3 is 1.43 bits per heavy atom. The molecule has 6 rings (SSSR count). The van der Waals surface area contributed by atoms with E-state index in [0.717, 1.165) is 26.6 Å².